The van der Waals surface area contributed by atoms with Gasteiger partial charge in [-0.05, 0) is 42.7 Å². The van der Waals surface area contributed by atoms with Gasteiger partial charge in [0.1, 0.15) is 0 Å². The Morgan fingerprint density at radius 1 is 1.14 bits per heavy atom. The van der Waals surface area contributed by atoms with Crippen LogP contribution in [0.5, 0.6) is 0 Å². The van der Waals surface area contributed by atoms with Gasteiger partial charge in [-0.1, -0.05) is 48.0 Å². The van der Waals surface area contributed by atoms with Crippen molar-refractivity contribution in [3.8, 4) is 0 Å². The molecule has 0 aliphatic rings. The highest BCUT2D eigenvalue weighted by Gasteiger charge is 2.08. The Balaban J connectivity index is 1.78. The molecule has 0 aliphatic carbocycles. The van der Waals surface area contributed by atoms with E-state index < -0.39 is 0 Å². The fraction of sp³-hybridized carbons (Fsp3) is 0.278. The van der Waals surface area contributed by atoms with Crippen molar-refractivity contribution in [2.24, 2.45) is 0 Å². The van der Waals surface area contributed by atoms with Crippen LogP contribution in [0.25, 0.3) is 0 Å². The molecule has 0 unspecified atom stereocenters. The number of amides is 1. The van der Waals surface area contributed by atoms with Crippen LogP contribution in [0.3, 0.4) is 0 Å². The van der Waals surface area contributed by atoms with Gasteiger partial charge in [-0.2, -0.15) is 0 Å². The van der Waals surface area contributed by atoms with E-state index in [1.165, 1.54) is 5.56 Å². The molecule has 0 spiro atoms. The minimum absolute atomic E-state index is 0.0101. The van der Waals surface area contributed by atoms with Crippen molar-refractivity contribution in [1.29, 1.82) is 0 Å². The van der Waals surface area contributed by atoms with E-state index in [1.54, 1.807) is 0 Å². The van der Waals surface area contributed by atoms with E-state index in [-0.39, 0.29) is 18.5 Å². The predicted octanol–water partition coefficient (Wildman–Crippen LogP) is 3.62. The van der Waals surface area contributed by atoms with Gasteiger partial charge < -0.3 is 10.6 Å². The normalized spacial score (nSPS) is 12.0. The zero-order valence-corrected chi connectivity index (χ0v) is 13.7. The van der Waals surface area contributed by atoms with Gasteiger partial charge in [0.15, 0.2) is 0 Å². The van der Waals surface area contributed by atoms with Crippen LogP contribution in [0.1, 0.15) is 29.7 Å². The number of halogens is 1. The highest BCUT2D eigenvalue weighted by molar-refractivity contribution is 6.30. The molecular weight excluding hydrogens is 296 g/mol. The molecule has 0 saturated heterocycles. The van der Waals surface area contributed by atoms with Crippen LogP contribution in [0.2, 0.25) is 5.02 Å². The topological polar surface area (TPSA) is 41.1 Å². The molecule has 4 heteroatoms. The van der Waals surface area contributed by atoms with E-state index in [0.29, 0.717) is 11.6 Å². The summed E-state index contributed by atoms with van der Waals surface area (Å²) in [6.07, 6.45) is 0. The van der Waals surface area contributed by atoms with E-state index in [4.69, 9.17) is 11.6 Å². The van der Waals surface area contributed by atoms with Crippen molar-refractivity contribution in [1.82, 2.24) is 10.6 Å². The maximum atomic E-state index is 11.9. The van der Waals surface area contributed by atoms with Crippen molar-refractivity contribution >= 4 is 17.5 Å². The van der Waals surface area contributed by atoms with Crippen LogP contribution >= 0.6 is 11.6 Å². The lowest BCUT2D eigenvalue weighted by Crippen LogP contribution is -2.34. The van der Waals surface area contributed by atoms with Gasteiger partial charge in [-0.15, -0.1) is 0 Å². The van der Waals surface area contributed by atoms with Gasteiger partial charge in [-0.25, -0.2) is 0 Å². The molecule has 1 atom stereocenters. The molecule has 0 saturated carbocycles. The number of carbonyl (C=O) groups excluding carboxylic acids is 1. The molecule has 3 nitrogen and oxygen atoms in total. The van der Waals surface area contributed by atoms with Crippen LogP contribution in [0.4, 0.5) is 0 Å². The first-order chi connectivity index (χ1) is 10.6. The van der Waals surface area contributed by atoms with Crippen molar-refractivity contribution in [3.63, 3.8) is 0 Å². The van der Waals surface area contributed by atoms with Gasteiger partial charge in [0.25, 0.3) is 0 Å². The van der Waals surface area contributed by atoms with E-state index in [9.17, 15) is 4.79 Å². The molecule has 116 valence electrons. The second-order valence-electron chi connectivity index (χ2n) is 5.36. The Morgan fingerprint density at radius 2 is 1.82 bits per heavy atom. The standard InChI is InChI=1S/C18H21ClN2O/c1-13-5-3-4-6-16(13)11-21-18(22)12-20-14(2)15-7-9-17(19)10-8-15/h3-10,14,20H,11-12H2,1-2H3,(H,21,22)/t14-/m1/s1. The van der Waals surface area contributed by atoms with Crippen molar-refractivity contribution in [2.45, 2.75) is 26.4 Å². The third-order valence-electron chi connectivity index (χ3n) is 3.68. The van der Waals surface area contributed by atoms with E-state index >= 15 is 0 Å². The number of aryl methyl sites for hydroxylation is 1. The van der Waals surface area contributed by atoms with Crippen LogP contribution < -0.4 is 10.6 Å². The SMILES string of the molecule is Cc1ccccc1CNC(=O)CN[C@H](C)c1ccc(Cl)cc1. The second-order valence-corrected chi connectivity index (χ2v) is 5.79. The predicted molar refractivity (Wildman–Crippen MR) is 90.9 cm³/mol. The fourth-order valence-electron chi connectivity index (χ4n) is 2.18. The average molecular weight is 317 g/mol. The fourth-order valence-corrected chi connectivity index (χ4v) is 2.31. The summed E-state index contributed by atoms with van der Waals surface area (Å²) >= 11 is 5.87. The zero-order chi connectivity index (χ0) is 15.9. The number of carbonyl (C=O) groups is 1. The van der Waals surface area contributed by atoms with Gasteiger partial charge >= 0.3 is 0 Å². The molecule has 2 rings (SSSR count). The van der Waals surface area contributed by atoms with Gasteiger partial charge in [0, 0.05) is 17.6 Å². The lowest BCUT2D eigenvalue weighted by atomic mass is 10.1. The Bertz CT molecular complexity index is 625. The largest absolute Gasteiger partial charge is 0.351 e. The molecule has 0 aromatic heterocycles. The molecule has 22 heavy (non-hydrogen) atoms. The summed E-state index contributed by atoms with van der Waals surface area (Å²) in [7, 11) is 0. The number of hydrogen-bond acceptors (Lipinski definition) is 2. The van der Waals surface area contributed by atoms with Crippen LogP contribution in [-0.4, -0.2) is 12.5 Å². The smallest absolute Gasteiger partial charge is 0.234 e. The van der Waals surface area contributed by atoms with E-state index in [1.807, 2.05) is 62.4 Å². The molecule has 0 aliphatic heterocycles. The highest BCUT2D eigenvalue weighted by Crippen LogP contribution is 2.15. The minimum atomic E-state index is -0.0101. The number of nitrogens with one attached hydrogen (secondary N) is 2. The third-order valence-corrected chi connectivity index (χ3v) is 3.93. The summed E-state index contributed by atoms with van der Waals surface area (Å²) in [5.74, 6) is -0.0101. The molecule has 2 N–H and O–H groups in total. The quantitative estimate of drug-likeness (QED) is 0.854. The summed E-state index contributed by atoms with van der Waals surface area (Å²) in [6, 6.07) is 15.8. The Kier molecular flexibility index (Phi) is 5.99. The molecule has 0 heterocycles. The van der Waals surface area contributed by atoms with E-state index in [2.05, 4.69) is 10.6 Å². The van der Waals surface area contributed by atoms with Crippen molar-refractivity contribution in [3.05, 3.63) is 70.2 Å². The molecule has 0 radical (unpaired) electrons. The monoisotopic (exact) mass is 316 g/mol. The second kappa shape index (κ2) is 7.97. The van der Waals surface area contributed by atoms with Crippen LogP contribution in [-0.2, 0) is 11.3 Å². The summed E-state index contributed by atoms with van der Waals surface area (Å²) in [6.45, 7) is 4.92. The third kappa shape index (κ3) is 4.86. The number of benzene rings is 2. The summed E-state index contributed by atoms with van der Waals surface area (Å²) in [5.41, 5.74) is 3.43. The molecule has 0 bridgehead atoms. The average Bonchev–Trinajstić information content (AvgIpc) is 2.52. The maximum Gasteiger partial charge on any atom is 0.234 e. The lowest BCUT2D eigenvalue weighted by Gasteiger charge is -2.14. The van der Waals surface area contributed by atoms with Gasteiger partial charge in [0.2, 0.25) is 5.91 Å². The van der Waals surface area contributed by atoms with Crippen molar-refractivity contribution in [2.75, 3.05) is 6.54 Å². The van der Waals surface area contributed by atoms with Gasteiger partial charge in [-0.3, -0.25) is 4.79 Å². The molecule has 0 fully saturated rings. The van der Waals surface area contributed by atoms with Crippen LogP contribution in [0, 0.1) is 6.92 Å². The first-order valence-corrected chi connectivity index (χ1v) is 7.74. The molecule has 1 amide bonds. The minimum Gasteiger partial charge on any atom is -0.351 e. The summed E-state index contributed by atoms with van der Waals surface area (Å²) in [4.78, 5) is 11.9. The van der Waals surface area contributed by atoms with Crippen molar-refractivity contribution < 1.29 is 4.79 Å². The number of hydrogen-bond donors (Lipinski definition) is 2. The summed E-state index contributed by atoms with van der Waals surface area (Å²) < 4.78 is 0. The zero-order valence-electron chi connectivity index (χ0n) is 12.9. The Morgan fingerprint density at radius 3 is 2.50 bits per heavy atom. The van der Waals surface area contributed by atoms with E-state index in [0.717, 1.165) is 11.1 Å². The Labute approximate surface area is 136 Å². The lowest BCUT2D eigenvalue weighted by molar-refractivity contribution is -0.120. The number of rotatable bonds is 6. The molecular formula is C18H21ClN2O. The highest BCUT2D eigenvalue weighted by atomic mass is 35.5. The first-order valence-electron chi connectivity index (χ1n) is 7.36. The van der Waals surface area contributed by atoms with Gasteiger partial charge in [0.05, 0.1) is 6.54 Å². The molecule has 2 aromatic rings. The Hall–Kier alpha value is -1.84. The maximum absolute atomic E-state index is 11.9. The molecule has 2 aromatic carbocycles. The summed E-state index contributed by atoms with van der Waals surface area (Å²) in [5, 5.41) is 6.86. The van der Waals surface area contributed by atoms with Crippen LogP contribution in [0.15, 0.2) is 48.5 Å². The first kappa shape index (κ1) is 16.5.